The molecule has 8 nitrogen and oxygen atoms in total. The van der Waals surface area contributed by atoms with Crippen molar-refractivity contribution in [1.29, 1.82) is 0 Å². The number of nitrogens with one attached hydrogen (secondary N) is 1. The van der Waals surface area contributed by atoms with Crippen LogP contribution in [0.3, 0.4) is 0 Å². The molecule has 0 saturated carbocycles. The van der Waals surface area contributed by atoms with E-state index in [1.165, 1.54) is 16.0 Å². The highest BCUT2D eigenvalue weighted by Gasteiger charge is 2.34. The molecule has 0 bridgehead atoms. The fourth-order valence-electron chi connectivity index (χ4n) is 2.49. The summed E-state index contributed by atoms with van der Waals surface area (Å²) in [7, 11) is 0. The topological polar surface area (TPSA) is 88.2 Å². The molecule has 0 aromatic heterocycles. The van der Waals surface area contributed by atoms with Crippen molar-refractivity contribution >= 4 is 18.1 Å². The number of hydrogen-bond acceptors (Lipinski definition) is 5. The van der Waals surface area contributed by atoms with E-state index < -0.39 is 29.2 Å². The predicted molar refractivity (Wildman–Crippen MR) is 108 cm³/mol. The first-order valence-electron chi connectivity index (χ1n) is 9.44. The number of hydrogen-bond donors (Lipinski definition) is 1. The van der Waals surface area contributed by atoms with Crippen LogP contribution in [0.1, 0.15) is 41.5 Å². The van der Waals surface area contributed by atoms with E-state index in [1.54, 1.807) is 45.0 Å². The van der Waals surface area contributed by atoms with E-state index in [0.29, 0.717) is 5.75 Å². The molecule has 1 N–H and O–H groups in total. The second kappa shape index (κ2) is 8.55. The van der Waals surface area contributed by atoms with Gasteiger partial charge in [0.05, 0.1) is 0 Å². The van der Waals surface area contributed by atoms with Gasteiger partial charge in [0.1, 0.15) is 17.0 Å². The van der Waals surface area contributed by atoms with Crippen LogP contribution >= 0.6 is 0 Å². The Morgan fingerprint density at radius 1 is 0.931 bits per heavy atom. The fourth-order valence-corrected chi connectivity index (χ4v) is 2.49. The molecule has 0 fully saturated rings. The van der Waals surface area contributed by atoms with Gasteiger partial charge in [-0.05, 0) is 53.7 Å². The number of carbonyl (C=O) groups excluding carboxylic acids is 3. The van der Waals surface area contributed by atoms with E-state index in [9.17, 15) is 14.4 Å². The minimum absolute atomic E-state index is 0.0189. The molecule has 29 heavy (non-hydrogen) atoms. The van der Waals surface area contributed by atoms with Crippen molar-refractivity contribution in [1.82, 2.24) is 15.1 Å². The van der Waals surface area contributed by atoms with E-state index in [1.807, 2.05) is 26.8 Å². The second-order valence-corrected chi connectivity index (χ2v) is 8.72. The van der Waals surface area contributed by atoms with Gasteiger partial charge in [0.15, 0.2) is 0 Å². The third kappa shape index (κ3) is 6.81. The molecule has 0 aliphatic carbocycles. The van der Waals surface area contributed by atoms with E-state index in [4.69, 9.17) is 9.47 Å². The Morgan fingerprint density at radius 3 is 2.10 bits per heavy atom. The van der Waals surface area contributed by atoms with Gasteiger partial charge in [0.2, 0.25) is 0 Å². The summed E-state index contributed by atoms with van der Waals surface area (Å²) in [5.74, 6) is -0.0956. The number of para-hydroxylation sites is 1. The summed E-state index contributed by atoms with van der Waals surface area (Å²) in [6, 6.07) is 8.63. The fraction of sp³-hybridized carbons (Fsp3) is 0.476. The average molecular weight is 403 g/mol. The van der Waals surface area contributed by atoms with Gasteiger partial charge in [-0.15, -0.1) is 0 Å². The highest BCUT2D eigenvalue weighted by atomic mass is 16.6. The number of ether oxygens (including phenoxy) is 2. The Balaban J connectivity index is 2.26. The Bertz CT molecular complexity index is 791. The maximum absolute atomic E-state index is 12.8. The molecule has 0 atom stereocenters. The normalized spacial score (nSPS) is 14.8. The highest BCUT2D eigenvalue weighted by Crippen LogP contribution is 2.20. The van der Waals surface area contributed by atoms with Crippen LogP contribution in [0.2, 0.25) is 0 Å². The molecule has 1 aromatic rings. The van der Waals surface area contributed by atoms with Crippen molar-refractivity contribution in [2.75, 3.05) is 13.1 Å². The van der Waals surface area contributed by atoms with Gasteiger partial charge in [-0.1, -0.05) is 18.2 Å². The predicted octanol–water partition coefficient (Wildman–Crippen LogP) is 3.49. The minimum atomic E-state index is -0.716. The summed E-state index contributed by atoms with van der Waals surface area (Å²) in [5, 5.41) is 2.81. The van der Waals surface area contributed by atoms with Gasteiger partial charge in [-0.2, -0.15) is 0 Å². The summed E-state index contributed by atoms with van der Waals surface area (Å²) >= 11 is 0. The lowest BCUT2D eigenvalue weighted by atomic mass is 10.1. The molecule has 3 amide bonds. The van der Waals surface area contributed by atoms with Crippen LogP contribution in [0.15, 0.2) is 42.2 Å². The Hall–Kier alpha value is -3.03. The van der Waals surface area contributed by atoms with Gasteiger partial charge < -0.3 is 14.8 Å². The Labute approximate surface area is 171 Å². The SMILES string of the molecule is CC(C)(C)NC(=O)C1=CN(C(=O)Oc2ccccc2)CCN1C(=O)OC(C)(C)C. The van der Waals surface area contributed by atoms with Crippen molar-refractivity contribution in [2.24, 2.45) is 0 Å². The third-order valence-corrected chi connectivity index (χ3v) is 3.65. The largest absolute Gasteiger partial charge is 0.443 e. The van der Waals surface area contributed by atoms with Crippen LogP contribution in [0.5, 0.6) is 5.75 Å². The number of carbonyl (C=O) groups is 3. The van der Waals surface area contributed by atoms with Crippen LogP contribution in [0.25, 0.3) is 0 Å². The Kier molecular flexibility index (Phi) is 6.56. The average Bonchev–Trinajstić information content (AvgIpc) is 2.59. The lowest BCUT2D eigenvalue weighted by Crippen LogP contribution is -2.51. The molecular formula is C21H29N3O5. The molecule has 0 saturated heterocycles. The zero-order valence-electron chi connectivity index (χ0n) is 17.8. The van der Waals surface area contributed by atoms with Crippen molar-refractivity contribution < 1.29 is 23.9 Å². The summed E-state index contributed by atoms with van der Waals surface area (Å²) in [4.78, 5) is 40.4. The van der Waals surface area contributed by atoms with Crippen LogP contribution in [0, 0.1) is 0 Å². The molecule has 2 rings (SSSR count). The highest BCUT2D eigenvalue weighted by molar-refractivity contribution is 5.97. The molecule has 1 aromatic carbocycles. The Morgan fingerprint density at radius 2 is 1.55 bits per heavy atom. The maximum atomic E-state index is 12.8. The van der Waals surface area contributed by atoms with Crippen LogP contribution in [-0.2, 0) is 9.53 Å². The van der Waals surface area contributed by atoms with Gasteiger partial charge >= 0.3 is 12.2 Å². The minimum Gasteiger partial charge on any atom is -0.443 e. The third-order valence-electron chi connectivity index (χ3n) is 3.65. The quantitative estimate of drug-likeness (QED) is 0.817. The maximum Gasteiger partial charge on any atom is 0.419 e. The molecule has 158 valence electrons. The number of rotatable bonds is 2. The lowest BCUT2D eigenvalue weighted by Gasteiger charge is -2.35. The molecule has 1 aliphatic rings. The number of amides is 3. The van der Waals surface area contributed by atoms with E-state index in [0.717, 1.165) is 0 Å². The molecule has 1 aliphatic heterocycles. The molecule has 0 unspecified atom stereocenters. The summed E-state index contributed by atoms with van der Waals surface area (Å²) in [6.45, 7) is 11.0. The summed E-state index contributed by atoms with van der Waals surface area (Å²) < 4.78 is 10.7. The molecular weight excluding hydrogens is 374 g/mol. The van der Waals surface area contributed by atoms with Crippen molar-refractivity contribution in [2.45, 2.75) is 52.7 Å². The zero-order valence-corrected chi connectivity index (χ0v) is 17.8. The zero-order chi connectivity index (χ0) is 21.8. The van der Waals surface area contributed by atoms with E-state index in [2.05, 4.69) is 5.32 Å². The number of benzene rings is 1. The van der Waals surface area contributed by atoms with Crippen LogP contribution in [0.4, 0.5) is 9.59 Å². The smallest absolute Gasteiger partial charge is 0.419 e. The van der Waals surface area contributed by atoms with Crippen LogP contribution < -0.4 is 10.1 Å². The van der Waals surface area contributed by atoms with Crippen LogP contribution in [-0.4, -0.2) is 52.1 Å². The molecule has 1 heterocycles. The number of nitrogens with zero attached hydrogens (tertiary/aromatic N) is 2. The van der Waals surface area contributed by atoms with Gasteiger partial charge in [0.25, 0.3) is 5.91 Å². The monoisotopic (exact) mass is 403 g/mol. The first-order chi connectivity index (χ1) is 13.4. The summed E-state index contributed by atoms with van der Waals surface area (Å²) in [5.41, 5.74) is -1.22. The van der Waals surface area contributed by atoms with E-state index >= 15 is 0 Å². The molecule has 0 radical (unpaired) electrons. The van der Waals surface area contributed by atoms with Crippen molar-refractivity contribution in [3.05, 3.63) is 42.2 Å². The molecule has 0 spiro atoms. The first-order valence-corrected chi connectivity index (χ1v) is 9.44. The van der Waals surface area contributed by atoms with E-state index in [-0.39, 0.29) is 18.8 Å². The summed E-state index contributed by atoms with van der Waals surface area (Å²) in [6.07, 6.45) is 0.0322. The van der Waals surface area contributed by atoms with Gasteiger partial charge in [-0.25, -0.2) is 9.59 Å². The second-order valence-electron chi connectivity index (χ2n) is 8.72. The lowest BCUT2D eigenvalue weighted by molar-refractivity contribution is -0.120. The standard InChI is InChI=1S/C21H29N3O5/c1-20(2,3)22-17(25)16-14-23(18(26)28-15-10-8-7-9-11-15)12-13-24(16)19(27)29-21(4,5)6/h7-11,14H,12-13H2,1-6H3,(H,22,25). The van der Waals surface area contributed by atoms with Gasteiger partial charge in [-0.3, -0.25) is 14.6 Å². The first kappa shape index (κ1) is 22.3. The van der Waals surface area contributed by atoms with Gasteiger partial charge in [0, 0.05) is 24.8 Å². The van der Waals surface area contributed by atoms with Crippen molar-refractivity contribution in [3.63, 3.8) is 0 Å². The molecule has 8 heteroatoms. The van der Waals surface area contributed by atoms with Crippen molar-refractivity contribution in [3.8, 4) is 5.75 Å².